The Hall–Kier alpha value is -3.09. The van der Waals surface area contributed by atoms with Crippen LogP contribution in [0.5, 0.6) is 17.2 Å². The molecule has 0 saturated heterocycles. The molecule has 1 N–H and O–H groups in total. The number of hydrogen-bond donors (Lipinski definition) is 1. The Balaban J connectivity index is 1.30. The van der Waals surface area contributed by atoms with Gasteiger partial charge in [0.1, 0.15) is 24.8 Å². The molecule has 29 heavy (non-hydrogen) atoms. The number of rotatable bonds is 6. The van der Waals surface area contributed by atoms with Crippen molar-refractivity contribution in [3.63, 3.8) is 0 Å². The second kappa shape index (κ2) is 8.11. The monoisotopic (exact) mass is 399 g/mol. The molecular formula is C22H22FNO5. The van der Waals surface area contributed by atoms with Crippen molar-refractivity contribution < 1.29 is 28.2 Å². The molecule has 0 saturated carbocycles. The van der Waals surface area contributed by atoms with E-state index in [1.165, 1.54) is 12.1 Å². The van der Waals surface area contributed by atoms with Crippen LogP contribution in [0.25, 0.3) is 0 Å². The summed E-state index contributed by atoms with van der Waals surface area (Å²) in [6.45, 7) is 3.07. The van der Waals surface area contributed by atoms with Crippen LogP contribution in [-0.2, 0) is 11.2 Å². The third kappa shape index (κ3) is 4.04. The maximum Gasteiger partial charge on any atom is 0.257 e. The molecule has 6 nitrogen and oxygen atoms in total. The fourth-order valence-corrected chi connectivity index (χ4v) is 3.73. The van der Waals surface area contributed by atoms with E-state index in [-0.39, 0.29) is 41.9 Å². The number of carbonyl (C=O) groups is 2. The number of ketones is 1. The van der Waals surface area contributed by atoms with Crippen LogP contribution < -0.4 is 19.5 Å². The van der Waals surface area contributed by atoms with Gasteiger partial charge in [-0.2, -0.15) is 0 Å². The van der Waals surface area contributed by atoms with Gasteiger partial charge in [-0.25, -0.2) is 4.39 Å². The summed E-state index contributed by atoms with van der Waals surface area (Å²) in [4.78, 5) is 24.3. The second-order valence-corrected chi connectivity index (χ2v) is 7.23. The highest BCUT2D eigenvalue weighted by atomic mass is 19.1. The van der Waals surface area contributed by atoms with E-state index in [9.17, 15) is 14.0 Å². The lowest BCUT2D eigenvalue weighted by atomic mass is 10.0. The van der Waals surface area contributed by atoms with E-state index >= 15 is 0 Å². The van der Waals surface area contributed by atoms with Crippen LogP contribution in [0.2, 0.25) is 0 Å². The summed E-state index contributed by atoms with van der Waals surface area (Å²) < 4.78 is 30.6. The fraction of sp³-hybridized carbons (Fsp3) is 0.364. The van der Waals surface area contributed by atoms with Crippen LogP contribution in [0.4, 0.5) is 4.39 Å². The Bertz CT molecular complexity index is 958. The van der Waals surface area contributed by atoms with Gasteiger partial charge in [-0.1, -0.05) is 13.0 Å². The minimum absolute atomic E-state index is 0.152. The number of carbonyl (C=O) groups excluding carboxylic acids is 2. The van der Waals surface area contributed by atoms with Gasteiger partial charge in [0, 0.05) is 18.5 Å². The summed E-state index contributed by atoms with van der Waals surface area (Å²) in [5.41, 5.74) is 1.67. The summed E-state index contributed by atoms with van der Waals surface area (Å²) in [6, 6.07) is 8.40. The molecule has 2 aromatic rings. The van der Waals surface area contributed by atoms with Gasteiger partial charge in [-0.15, -0.1) is 0 Å². The van der Waals surface area contributed by atoms with Crippen LogP contribution in [0.1, 0.15) is 40.7 Å². The highest BCUT2D eigenvalue weighted by Crippen LogP contribution is 2.39. The van der Waals surface area contributed by atoms with Crippen LogP contribution in [-0.4, -0.2) is 38.1 Å². The number of hydrogen-bond acceptors (Lipinski definition) is 5. The lowest BCUT2D eigenvalue weighted by Gasteiger charge is -2.18. The van der Waals surface area contributed by atoms with E-state index in [1.54, 1.807) is 6.92 Å². The minimum Gasteiger partial charge on any atom is -0.486 e. The van der Waals surface area contributed by atoms with Crippen molar-refractivity contribution in [2.75, 3.05) is 26.4 Å². The standard InChI is InChI=1S/C22H22FNO5/c1-13-10-16(25)22-18(5-3-15(23)21(13)22)29-12-20(26)24-7-6-14-2-4-17-19(11-14)28-9-8-27-17/h2-5,11,13H,6-10,12H2,1H3,(H,24,26). The summed E-state index contributed by atoms with van der Waals surface area (Å²) in [7, 11) is 0. The van der Waals surface area contributed by atoms with E-state index in [0.717, 1.165) is 11.3 Å². The Morgan fingerprint density at radius 2 is 2.00 bits per heavy atom. The van der Waals surface area contributed by atoms with Gasteiger partial charge in [0.25, 0.3) is 5.91 Å². The number of nitrogens with one attached hydrogen (secondary N) is 1. The smallest absolute Gasteiger partial charge is 0.257 e. The lowest BCUT2D eigenvalue weighted by molar-refractivity contribution is -0.123. The highest BCUT2D eigenvalue weighted by molar-refractivity contribution is 6.03. The van der Waals surface area contributed by atoms with Crippen molar-refractivity contribution in [1.82, 2.24) is 5.32 Å². The van der Waals surface area contributed by atoms with E-state index in [1.807, 2.05) is 18.2 Å². The van der Waals surface area contributed by atoms with Gasteiger partial charge in [-0.05, 0) is 42.2 Å². The maximum absolute atomic E-state index is 14.0. The molecule has 152 valence electrons. The van der Waals surface area contributed by atoms with Crippen LogP contribution in [0.3, 0.4) is 0 Å². The fourth-order valence-electron chi connectivity index (χ4n) is 3.73. The van der Waals surface area contributed by atoms with E-state index < -0.39 is 5.82 Å². The zero-order valence-corrected chi connectivity index (χ0v) is 16.1. The SMILES string of the molecule is CC1CC(=O)c2c(OCC(=O)NCCc3ccc4c(c3)OCCO4)ccc(F)c21. The van der Waals surface area contributed by atoms with E-state index in [2.05, 4.69) is 5.32 Å². The van der Waals surface area contributed by atoms with Crippen LogP contribution in [0, 0.1) is 5.82 Å². The molecule has 1 heterocycles. The highest BCUT2D eigenvalue weighted by Gasteiger charge is 2.32. The van der Waals surface area contributed by atoms with Crippen molar-refractivity contribution in [2.24, 2.45) is 0 Å². The first-order valence-corrected chi connectivity index (χ1v) is 9.66. The zero-order chi connectivity index (χ0) is 20.4. The van der Waals surface area contributed by atoms with Crippen molar-refractivity contribution in [3.8, 4) is 17.2 Å². The Labute approximate surface area is 168 Å². The number of halogens is 1. The number of Topliss-reactive ketones (excluding diaryl/α,β-unsaturated/α-hetero) is 1. The second-order valence-electron chi connectivity index (χ2n) is 7.23. The van der Waals surface area contributed by atoms with E-state index in [0.29, 0.717) is 37.5 Å². The van der Waals surface area contributed by atoms with Gasteiger partial charge < -0.3 is 19.5 Å². The molecular weight excluding hydrogens is 377 g/mol. The predicted molar refractivity (Wildman–Crippen MR) is 103 cm³/mol. The van der Waals surface area contributed by atoms with Gasteiger partial charge in [0.15, 0.2) is 23.9 Å². The number of amides is 1. The molecule has 2 aromatic carbocycles. The quantitative estimate of drug-likeness (QED) is 0.808. The largest absolute Gasteiger partial charge is 0.486 e. The zero-order valence-electron chi connectivity index (χ0n) is 16.1. The molecule has 2 aliphatic rings. The number of benzene rings is 2. The number of fused-ring (bicyclic) bond motifs is 2. The first-order chi connectivity index (χ1) is 14.0. The van der Waals surface area contributed by atoms with E-state index in [4.69, 9.17) is 14.2 Å². The molecule has 4 rings (SSSR count). The number of ether oxygens (including phenoxy) is 3. The van der Waals surface area contributed by atoms with Crippen LogP contribution >= 0.6 is 0 Å². The van der Waals surface area contributed by atoms with Crippen molar-refractivity contribution >= 4 is 11.7 Å². The van der Waals surface area contributed by atoms with Gasteiger partial charge in [0.2, 0.25) is 0 Å². The Kier molecular flexibility index (Phi) is 5.38. The maximum atomic E-state index is 14.0. The Morgan fingerprint density at radius 3 is 2.83 bits per heavy atom. The summed E-state index contributed by atoms with van der Waals surface area (Å²) in [6.07, 6.45) is 0.888. The van der Waals surface area contributed by atoms with Gasteiger partial charge in [0.05, 0.1) is 5.56 Å². The molecule has 1 atom stereocenters. The lowest BCUT2D eigenvalue weighted by Crippen LogP contribution is -2.30. The molecule has 1 amide bonds. The van der Waals surface area contributed by atoms with Crippen LogP contribution in [0.15, 0.2) is 30.3 Å². The van der Waals surface area contributed by atoms with Crippen molar-refractivity contribution in [3.05, 3.63) is 52.8 Å². The first-order valence-electron chi connectivity index (χ1n) is 9.66. The predicted octanol–water partition coefficient (Wildman–Crippen LogP) is 3.02. The molecule has 7 heteroatoms. The molecule has 0 radical (unpaired) electrons. The summed E-state index contributed by atoms with van der Waals surface area (Å²) in [5.74, 6) is 0.661. The topological polar surface area (TPSA) is 73.9 Å². The third-order valence-electron chi connectivity index (χ3n) is 5.12. The molecule has 0 fully saturated rings. The average Bonchev–Trinajstić information content (AvgIpc) is 3.02. The summed E-state index contributed by atoms with van der Waals surface area (Å²) in [5, 5.41) is 2.79. The molecule has 1 unspecified atom stereocenters. The molecule has 0 spiro atoms. The average molecular weight is 399 g/mol. The van der Waals surface area contributed by atoms with Crippen molar-refractivity contribution in [1.29, 1.82) is 0 Å². The Morgan fingerprint density at radius 1 is 1.21 bits per heavy atom. The first kappa shape index (κ1) is 19.2. The van der Waals surface area contributed by atoms with Gasteiger partial charge in [-0.3, -0.25) is 9.59 Å². The van der Waals surface area contributed by atoms with Gasteiger partial charge >= 0.3 is 0 Å². The minimum atomic E-state index is -0.408. The third-order valence-corrected chi connectivity index (χ3v) is 5.12. The van der Waals surface area contributed by atoms with Crippen molar-refractivity contribution in [2.45, 2.75) is 25.7 Å². The normalized spacial score (nSPS) is 17.0. The molecule has 0 aromatic heterocycles. The molecule has 1 aliphatic heterocycles. The molecule has 1 aliphatic carbocycles. The summed E-state index contributed by atoms with van der Waals surface area (Å²) >= 11 is 0. The molecule has 0 bridgehead atoms.